The monoisotopic (exact) mass is 241 g/mol. The van der Waals surface area contributed by atoms with Crippen LogP contribution in [0.5, 0.6) is 0 Å². The highest BCUT2D eigenvalue weighted by Gasteiger charge is 2.20. The average Bonchev–Trinajstić information content (AvgIpc) is 2.30. The fraction of sp³-hybridized carbons (Fsp3) is 0.417. The van der Waals surface area contributed by atoms with Crippen LogP contribution in [0, 0.1) is 0 Å². The first-order valence-corrected chi connectivity index (χ1v) is 5.32. The van der Waals surface area contributed by atoms with E-state index < -0.39 is 5.97 Å². The van der Waals surface area contributed by atoms with Crippen LogP contribution in [0.25, 0.3) is 0 Å². The summed E-state index contributed by atoms with van der Waals surface area (Å²) in [6, 6.07) is 7.31. The van der Waals surface area contributed by atoms with Crippen LogP contribution in [0.4, 0.5) is 0 Å². The Labute approximate surface area is 101 Å². The number of rotatable bonds is 2. The van der Waals surface area contributed by atoms with Gasteiger partial charge in [-0.05, 0) is 36.9 Å². The molecule has 1 fully saturated rings. The van der Waals surface area contributed by atoms with Gasteiger partial charge in [-0.3, -0.25) is 0 Å². The second-order valence-corrected chi connectivity index (χ2v) is 3.94. The summed E-state index contributed by atoms with van der Waals surface area (Å²) < 4.78 is 0. The zero-order valence-corrected chi connectivity index (χ0v) is 9.80. The van der Waals surface area contributed by atoms with Gasteiger partial charge in [0.15, 0.2) is 0 Å². The minimum Gasteiger partial charge on any atom is -0.478 e. The van der Waals surface area contributed by atoms with Gasteiger partial charge >= 0.3 is 5.97 Å². The van der Waals surface area contributed by atoms with E-state index in [0.29, 0.717) is 11.5 Å². The van der Waals surface area contributed by atoms with Crippen molar-refractivity contribution in [1.82, 2.24) is 5.32 Å². The number of aromatic carboxylic acids is 1. The van der Waals surface area contributed by atoms with Crippen molar-refractivity contribution in [2.24, 2.45) is 0 Å². The SMILES string of the molecule is Cl.O=C(O)c1ccccc1C1CCCNC1. The van der Waals surface area contributed by atoms with E-state index in [0.717, 1.165) is 31.5 Å². The summed E-state index contributed by atoms with van der Waals surface area (Å²) >= 11 is 0. The van der Waals surface area contributed by atoms with E-state index in [1.807, 2.05) is 12.1 Å². The molecule has 2 rings (SSSR count). The molecule has 1 aromatic rings. The Morgan fingerprint density at radius 1 is 1.38 bits per heavy atom. The Kier molecular flexibility index (Phi) is 4.77. The maximum absolute atomic E-state index is 11.0. The molecule has 1 heterocycles. The third-order valence-electron chi connectivity index (χ3n) is 2.93. The standard InChI is InChI=1S/C12H15NO2.ClH/c14-12(15)11-6-2-1-5-10(11)9-4-3-7-13-8-9;/h1-2,5-6,9,13H,3-4,7-8H2,(H,14,15);1H. The van der Waals surface area contributed by atoms with Crippen molar-refractivity contribution in [3.63, 3.8) is 0 Å². The molecular formula is C12H16ClNO2. The second-order valence-electron chi connectivity index (χ2n) is 3.94. The molecule has 0 saturated carbocycles. The molecular weight excluding hydrogens is 226 g/mol. The fourth-order valence-corrected chi connectivity index (χ4v) is 2.17. The lowest BCUT2D eigenvalue weighted by molar-refractivity contribution is 0.0695. The van der Waals surface area contributed by atoms with Gasteiger partial charge in [-0.2, -0.15) is 0 Å². The Bertz CT molecular complexity index is 362. The van der Waals surface area contributed by atoms with E-state index in [-0.39, 0.29) is 12.4 Å². The number of carboxylic acids is 1. The number of benzene rings is 1. The lowest BCUT2D eigenvalue weighted by Crippen LogP contribution is -2.29. The summed E-state index contributed by atoms with van der Waals surface area (Å²) in [5.74, 6) is -0.470. The van der Waals surface area contributed by atoms with Gasteiger partial charge in [0, 0.05) is 6.54 Å². The summed E-state index contributed by atoms with van der Waals surface area (Å²) in [7, 11) is 0. The van der Waals surface area contributed by atoms with Crippen molar-refractivity contribution in [1.29, 1.82) is 0 Å². The third-order valence-corrected chi connectivity index (χ3v) is 2.93. The fourth-order valence-electron chi connectivity index (χ4n) is 2.17. The molecule has 0 radical (unpaired) electrons. The van der Waals surface area contributed by atoms with Gasteiger partial charge in [-0.15, -0.1) is 12.4 Å². The van der Waals surface area contributed by atoms with Crippen molar-refractivity contribution in [3.05, 3.63) is 35.4 Å². The van der Waals surface area contributed by atoms with Crippen LogP contribution in [0.3, 0.4) is 0 Å². The molecule has 1 aliphatic heterocycles. The first-order valence-electron chi connectivity index (χ1n) is 5.32. The summed E-state index contributed by atoms with van der Waals surface area (Å²) in [6.07, 6.45) is 2.20. The van der Waals surface area contributed by atoms with E-state index in [9.17, 15) is 4.79 Å². The van der Waals surface area contributed by atoms with E-state index in [1.54, 1.807) is 12.1 Å². The lowest BCUT2D eigenvalue weighted by atomic mass is 9.88. The van der Waals surface area contributed by atoms with E-state index in [4.69, 9.17) is 5.11 Å². The molecule has 2 N–H and O–H groups in total. The number of hydrogen-bond acceptors (Lipinski definition) is 2. The van der Waals surface area contributed by atoms with Crippen molar-refractivity contribution < 1.29 is 9.90 Å². The first-order chi connectivity index (χ1) is 7.29. The molecule has 3 nitrogen and oxygen atoms in total. The predicted molar refractivity (Wildman–Crippen MR) is 65.5 cm³/mol. The minimum absolute atomic E-state index is 0. The Balaban J connectivity index is 0.00000128. The molecule has 0 aromatic heterocycles. The molecule has 1 atom stereocenters. The van der Waals surface area contributed by atoms with Crippen LogP contribution in [-0.4, -0.2) is 24.2 Å². The topological polar surface area (TPSA) is 49.3 Å². The number of piperidine rings is 1. The van der Waals surface area contributed by atoms with Gasteiger partial charge < -0.3 is 10.4 Å². The van der Waals surface area contributed by atoms with Crippen molar-refractivity contribution in [3.8, 4) is 0 Å². The molecule has 1 saturated heterocycles. The van der Waals surface area contributed by atoms with Gasteiger partial charge in [-0.1, -0.05) is 18.2 Å². The van der Waals surface area contributed by atoms with Crippen molar-refractivity contribution in [2.45, 2.75) is 18.8 Å². The van der Waals surface area contributed by atoms with E-state index in [1.165, 1.54) is 0 Å². The van der Waals surface area contributed by atoms with Gasteiger partial charge in [0.1, 0.15) is 0 Å². The summed E-state index contributed by atoms with van der Waals surface area (Å²) in [5, 5.41) is 12.4. The number of carbonyl (C=O) groups is 1. The van der Waals surface area contributed by atoms with Gasteiger partial charge in [0.05, 0.1) is 5.56 Å². The smallest absolute Gasteiger partial charge is 0.335 e. The molecule has 1 aliphatic rings. The molecule has 0 amide bonds. The summed E-state index contributed by atoms with van der Waals surface area (Å²) in [4.78, 5) is 11.0. The maximum atomic E-state index is 11.0. The van der Waals surface area contributed by atoms with Crippen LogP contribution >= 0.6 is 12.4 Å². The summed E-state index contributed by atoms with van der Waals surface area (Å²) in [5.41, 5.74) is 1.42. The van der Waals surface area contributed by atoms with E-state index in [2.05, 4.69) is 5.32 Å². The van der Waals surface area contributed by atoms with Crippen LogP contribution in [0.2, 0.25) is 0 Å². The number of nitrogens with one attached hydrogen (secondary N) is 1. The quantitative estimate of drug-likeness (QED) is 0.835. The predicted octanol–water partition coefficient (Wildman–Crippen LogP) is 2.27. The molecule has 1 aromatic carbocycles. The molecule has 1 unspecified atom stereocenters. The maximum Gasteiger partial charge on any atom is 0.335 e. The average molecular weight is 242 g/mol. The normalized spacial score (nSPS) is 19.9. The Morgan fingerprint density at radius 3 is 2.75 bits per heavy atom. The van der Waals surface area contributed by atoms with E-state index >= 15 is 0 Å². The van der Waals surface area contributed by atoms with Gasteiger partial charge in [0.25, 0.3) is 0 Å². The molecule has 4 heteroatoms. The lowest BCUT2D eigenvalue weighted by Gasteiger charge is -2.24. The van der Waals surface area contributed by atoms with Gasteiger partial charge in [-0.25, -0.2) is 4.79 Å². The molecule has 0 aliphatic carbocycles. The highest BCUT2D eigenvalue weighted by atomic mass is 35.5. The van der Waals surface area contributed by atoms with Crippen molar-refractivity contribution >= 4 is 18.4 Å². The number of halogens is 1. The van der Waals surface area contributed by atoms with Crippen LogP contribution in [-0.2, 0) is 0 Å². The highest BCUT2D eigenvalue weighted by Crippen LogP contribution is 2.26. The highest BCUT2D eigenvalue weighted by molar-refractivity contribution is 5.89. The number of hydrogen-bond donors (Lipinski definition) is 2. The van der Waals surface area contributed by atoms with Crippen LogP contribution in [0.1, 0.15) is 34.7 Å². The summed E-state index contributed by atoms with van der Waals surface area (Å²) in [6.45, 7) is 1.94. The van der Waals surface area contributed by atoms with Crippen LogP contribution in [0.15, 0.2) is 24.3 Å². The zero-order chi connectivity index (χ0) is 10.7. The molecule has 0 bridgehead atoms. The molecule has 0 spiro atoms. The Morgan fingerprint density at radius 2 is 2.12 bits per heavy atom. The Hall–Kier alpha value is -1.06. The van der Waals surface area contributed by atoms with Gasteiger partial charge in [0.2, 0.25) is 0 Å². The third kappa shape index (κ3) is 2.74. The first kappa shape index (κ1) is 13.0. The van der Waals surface area contributed by atoms with Crippen LogP contribution < -0.4 is 5.32 Å². The largest absolute Gasteiger partial charge is 0.478 e. The van der Waals surface area contributed by atoms with Crippen molar-refractivity contribution in [2.75, 3.05) is 13.1 Å². The minimum atomic E-state index is -0.823. The molecule has 88 valence electrons. The zero-order valence-electron chi connectivity index (χ0n) is 8.98. The second kappa shape index (κ2) is 5.87. The molecule has 16 heavy (non-hydrogen) atoms. The number of carboxylic acid groups (broad SMARTS) is 1.